The molecule has 0 N–H and O–H groups in total. The molecule has 1 saturated carbocycles. The third-order valence-electron chi connectivity index (χ3n) is 4.67. The first-order valence-corrected chi connectivity index (χ1v) is 8.20. The SMILES string of the molecule is c1ccc(OCc2nc3ccnn3c3c2CCN3C2CC2)cc1. The maximum absolute atomic E-state index is 5.94. The van der Waals surface area contributed by atoms with Crippen molar-refractivity contribution in [3.05, 3.63) is 53.9 Å². The van der Waals surface area contributed by atoms with Gasteiger partial charge in [0.25, 0.3) is 0 Å². The highest BCUT2D eigenvalue weighted by atomic mass is 16.5. The molecule has 1 aliphatic heterocycles. The van der Waals surface area contributed by atoms with Gasteiger partial charge in [0, 0.05) is 24.2 Å². The standard InChI is InChI=1S/C18H18N4O/c1-2-4-14(5-3-1)23-12-16-15-9-11-21(13-6-7-13)18(15)22-17(20-16)8-10-19-22/h1-5,8,10,13H,6-7,9,11-12H2. The Kier molecular flexibility index (Phi) is 2.80. The second kappa shape index (κ2) is 4.98. The predicted octanol–water partition coefficient (Wildman–Crippen LogP) is 2.83. The number of anilines is 1. The van der Waals surface area contributed by atoms with Crippen LogP contribution >= 0.6 is 0 Å². The predicted molar refractivity (Wildman–Crippen MR) is 87.8 cm³/mol. The molecule has 0 amide bonds. The van der Waals surface area contributed by atoms with Crippen molar-refractivity contribution >= 4 is 11.5 Å². The average Bonchev–Trinajstić information content (AvgIpc) is 3.16. The molecule has 5 rings (SSSR count). The lowest BCUT2D eigenvalue weighted by molar-refractivity contribution is 0.300. The summed E-state index contributed by atoms with van der Waals surface area (Å²) in [6.45, 7) is 1.57. The molecular formula is C18H18N4O. The summed E-state index contributed by atoms with van der Waals surface area (Å²) in [7, 11) is 0. The summed E-state index contributed by atoms with van der Waals surface area (Å²) >= 11 is 0. The van der Waals surface area contributed by atoms with E-state index in [0.717, 1.165) is 30.1 Å². The van der Waals surface area contributed by atoms with Crippen molar-refractivity contribution in [2.45, 2.75) is 31.9 Å². The van der Waals surface area contributed by atoms with Crippen LogP contribution < -0.4 is 9.64 Å². The van der Waals surface area contributed by atoms with Gasteiger partial charge in [-0.25, -0.2) is 4.98 Å². The normalized spacial score (nSPS) is 16.8. The minimum Gasteiger partial charge on any atom is -0.487 e. The van der Waals surface area contributed by atoms with Gasteiger partial charge in [0.2, 0.25) is 0 Å². The summed E-state index contributed by atoms with van der Waals surface area (Å²) in [6.07, 6.45) is 5.44. The number of aromatic nitrogens is 3. The summed E-state index contributed by atoms with van der Waals surface area (Å²) in [5, 5.41) is 4.48. The minimum atomic E-state index is 0.506. The van der Waals surface area contributed by atoms with Crippen molar-refractivity contribution in [1.29, 1.82) is 0 Å². The van der Waals surface area contributed by atoms with Crippen molar-refractivity contribution in [3.63, 3.8) is 0 Å². The summed E-state index contributed by atoms with van der Waals surface area (Å²) < 4.78 is 7.94. The molecule has 1 aromatic carbocycles. The number of fused-ring (bicyclic) bond motifs is 3. The Morgan fingerprint density at radius 1 is 1.13 bits per heavy atom. The molecule has 0 bridgehead atoms. The van der Waals surface area contributed by atoms with Gasteiger partial charge >= 0.3 is 0 Å². The van der Waals surface area contributed by atoms with Gasteiger partial charge in [-0.1, -0.05) is 18.2 Å². The molecule has 5 nitrogen and oxygen atoms in total. The third-order valence-corrected chi connectivity index (χ3v) is 4.67. The van der Waals surface area contributed by atoms with E-state index in [-0.39, 0.29) is 0 Å². The van der Waals surface area contributed by atoms with E-state index in [0.29, 0.717) is 12.6 Å². The van der Waals surface area contributed by atoms with Crippen LogP contribution in [0.25, 0.3) is 5.65 Å². The van der Waals surface area contributed by atoms with Crippen LogP contribution in [0.1, 0.15) is 24.1 Å². The summed E-state index contributed by atoms with van der Waals surface area (Å²) in [4.78, 5) is 7.29. The molecular weight excluding hydrogens is 288 g/mol. The maximum Gasteiger partial charge on any atom is 0.157 e. The zero-order valence-electron chi connectivity index (χ0n) is 12.9. The van der Waals surface area contributed by atoms with Gasteiger partial charge in [-0.05, 0) is 31.4 Å². The van der Waals surface area contributed by atoms with Gasteiger partial charge in [0.1, 0.15) is 18.2 Å². The van der Waals surface area contributed by atoms with Gasteiger partial charge in [-0.3, -0.25) is 0 Å². The van der Waals surface area contributed by atoms with E-state index in [2.05, 4.69) is 10.00 Å². The van der Waals surface area contributed by atoms with E-state index in [1.165, 1.54) is 24.2 Å². The highest BCUT2D eigenvalue weighted by Crippen LogP contribution is 2.39. The van der Waals surface area contributed by atoms with Crippen LogP contribution in [0.15, 0.2) is 42.6 Å². The van der Waals surface area contributed by atoms with Crippen molar-refractivity contribution in [2.24, 2.45) is 0 Å². The van der Waals surface area contributed by atoms with Crippen molar-refractivity contribution in [1.82, 2.24) is 14.6 Å². The second-order valence-corrected chi connectivity index (χ2v) is 6.24. The first-order valence-electron chi connectivity index (χ1n) is 8.20. The Hall–Kier alpha value is -2.56. The van der Waals surface area contributed by atoms with Crippen LogP contribution in [-0.4, -0.2) is 27.2 Å². The molecule has 3 heterocycles. The molecule has 0 radical (unpaired) electrons. The van der Waals surface area contributed by atoms with Gasteiger partial charge in [0.15, 0.2) is 5.65 Å². The van der Waals surface area contributed by atoms with Gasteiger partial charge in [-0.2, -0.15) is 9.61 Å². The zero-order chi connectivity index (χ0) is 15.2. The van der Waals surface area contributed by atoms with Crippen molar-refractivity contribution in [3.8, 4) is 5.75 Å². The van der Waals surface area contributed by atoms with Gasteiger partial charge in [0.05, 0.1) is 11.9 Å². The van der Waals surface area contributed by atoms with Crippen LogP contribution in [-0.2, 0) is 13.0 Å². The number of ether oxygens (including phenoxy) is 1. The minimum absolute atomic E-state index is 0.506. The fourth-order valence-corrected chi connectivity index (χ4v) is 3.43. The zero-order valence-corrected chi connectivity index (χ0v) is 12.9. The lowest BCUT2D eigenvalue weighted by atomic mass is 10.2. The highest BCUT2D eigenvalue weighted by molar-refractivity contribution is 5.61. The quantitative estimate of drug-likeness (QED) is 0.743. The Bertz CT molecular complexity index is 854. The third kappa shape index (κ3) is 2.15. The van der Waals surface area contributed by atoms with Crippen LogP contribution in [0.5, 0.6) is 5.75 Å². The Morgan fingerprint density at radius 3 is 2.83 bits per heavy atom. The number of nitrogens with zero attached hydrogens (tertiary/aromatic N) is 4. The fraction of sp³-hybridized carbons (Fsp3) is 0.333. The van der Waals surface area contributed by atoms with E-state index in [9.17, 15) is 0 Å². The molecule has 2 aromatic heterocycles. The molecule has 0 atom stereocenters. The molecule has 0 saturated heterocycles. The van der Waals surface area contributed by atoms with E-state index < -0.39 is 0 Å². The Balaban J connectivity index is 1.54. The van der Waals surface area contributed by atoms with Crippen LogP contribution in [0.4, 0.5) is 5.82 Å². The molecule has 23 heavy (non-hydrogen) atoms. The second-order valence-electron chi connectivity index (χ2n) is 6.24. The van der Waals surface area contributed by atoms with E-state index in [1.54, 1.807) is 0 Å². The molecule has 0 unspecified atom stereocenters. The highest BCUT2D eigenvalue weighted by Gasteiger charge is 2.36. The maximum atomic E-state index is 5.94. The monoisotopic (exact) mass is 306 g/mol. The fourth-order valence-electron chi connectivity index (χ4n) is 3.43. The first-order chi connectivity index (χ1) is 11.4. The summed E-state index contributed by atoms with van der Waals surface area (Å²) in [5.74, 6) is 2.11. The Morgan fingerprint density at radius 2 is 2.00 bits per heavy atom. The van der Waals surface area contributed by atoms with E-state index in [1.807, 2.05) is 47.1 Å². The van der Waals surface area contributed by atoms with Crippen LogP contribution in [0.3, 0.4) is 0 Å². The number of benzene rings is 1. The lowest BCUT2D eigenvalue weighted by Gasteiger charge is -2.19. The molecule has 3 aromatic rings. The lowest BCUT2D eigenvalue weighted by Crippen LogP contribution is -2.25. The number of hydrogen-bond acceptors (Lipinski definition) is 4. The molecule has 0 spiro atoms. The topological polar surface area (TPSA) is 42.7 Å². The van der Waals surface area contributed by atoms with Crippen LogP contribution in [0.2, 0.25) is 0 Å². The van der Waals surface area contributed by atoms with E-state index in [4.69, 9.17) is 9.72 Å². The van der Waals surface area contributed by atoms with Crippen molar-refractivity contribution in [2.75, 3.05) is 11.4 Å². The molecule has 116 valence electrons. The average molecular weight is 306 g/mol. The summed E-state index contributed by atoms with van der Waals surface area (Å²) in [6, 6.07) is 12.6. The molecule has 5 heteroatoms. The molecule has 1 fully saturated rings. The largest absolute Gasteiger partial charge is 0.487 e. The van der Waals surface area contributed by atoms with E-state index >= 15 is 0 Å². The smallest absolute Gasteiger partial charge is 0.157 e. The number of para-hydroxylation sites is 1. The molecule has 1 aliphatic carbocycles. The molecule has 2 aliphatic rings. The number of rotatable bonds is 4. The van der Waals surface area contributed by atoms with Gasteiger partial charge in [-0.15, -0.1) is 0 Å². The van der Waals surface area contributed by atoms with Gasteiger partial charge < -0.3 is 9.64 Å². The van der Waals surface area contributed by atoms with Crippen LogP contribution in [0, 0.1) is 0 Å². The Labute approximate surface area is 134 Å². The van der Waals surface area contributed by atoms with Crippen molar-refractivity contribution < 1.29 is 4.74 Å². The first kappa shape index (κ1) is 12.9. The summed E-state index contributed by atoms with van der Waals surface area (Å²) in [5.41, 5.74) is 3.24. The number of hydrogen-bond donors (Lipinski definition) is 0.